The van der Waals surface area contributed by atoms with Gasteiger partial charge >= 0.3 is 0 Å². The number of aromatic hydroxyl groups is 1. The number of carbonyl (C=O) groups is 3. The van der Waals surface area contributed by atoms with Crippen LogP contribution < -0.4 is 11.1 Å². The van der Waals surface area contributed by atoms with Crippen molar-refractivity contribution in [2.45, 2.75) is 0 Å². The highest BCUT2D eigenvalue weighted by molar-refractivity contribution is 6.22. The standard InChI is InChI=1S/C16H13N3O4/c17-9-5-6-12(13(20)7-9)18-14(21)8-19-15(22)10-3-1-2-4-11(10)16(19)23/h1-7,20H,8,17H2,(H,18,21). The van der Waals surface area contributed by atoms with Crippen LogP contribution in [0.4, 0.5) is 11.4 Å². The third kappa shape index (κ3) is 2.59. The SMILES string of the molecule is Nc1ccc(NC(=O)CN2C(=O)c3ccccc3C2=O)c(O)c1. The van der Waals surface area contributed by atoms with Gasteiger partial charge in [-0.15, -0.1) is 0 Å². The number of benzene rings is 2. The number of hydrogen-bond acceptors (Lipinski definition) is 5. The first-order valence-electron chi connectivity index (χ1n) is 6.81. The number of nitrogen functional groups attached to an aromatic ring is 1. The summed E-state index contributed by atoms with van der Waals surface area (Å²) in [6.07, 6.45) is 0. The smallest absolute Gasteiger partial charge is 0.262 e. The minimum absolute atomic E-state index is 0.154. The Labute approximate surface area is 131 Å². The van der Waals surface area contributed by atoms with Crippen LogP contribution in [0.25, 0.3) is 0 Å². The Bertz CT molecular complexity index is 797. The van der Waals surface area contributed by atoms with Crippen LogP contribution in [0.1, 0.15) is 20.7 Å². The number of fused-ring (bicyclic) bond motifs is 1. The van der Waals surface area contributed by atoms with Crippen molar-refractivity contribution >= 4 is 29.1 Å². The molecule has 116 valence electrons. The van der Waals surface area contributed by atoms with E-state index in [0.29, 0.717) is 5.69 Å². The highest BCUT2D eigenvalue weighted by Crippen LogP contribution is 2.26. The highest BCUT2D eigenvalue weighted by atomic mass is 16.3. The average molecular weight is 311 g/mol. The second-order valence-electron chi connectivity index (χ2n) is 5.07. The molecule has 7 heteroatoms. The molecule has 7 nitrogen and oxygen atoms in total. The lowest BCUT2D eigenvalue weighted by molar-refractivity contribution is -0.116. The molecule has 3 rings (SSSR count). The van der Waals surface area contributed by atoms with Gasteiger partial charge in [-0.05, 0) is 24.3 Å². The van der Waals surface area contributed by atoms with Crippen LogP contribution in [0.2, 0.25) is 0 Å². The first kappa shape index (κ1) is 14.6. The fourth-order valence-electron chi connectivity index (χ4n) is 2.37. The molecule has 4 N–H and O–H groups in total. The number of anilines is 2. The Hall–Kier alpha value is -3.35. The summed E-state index contributed by atoms with van der Waals surface area (Å²) in [6.45, 7) is -0.434. The molecule has 1 heterocycles. The van der Waals surface area contributed by atoms with Gasteiger partial charge in [0.15, 0.2) is 0 Å². The monoisotopic (exact) mass is 311 g/mol. The van der Waals surface area contributed by atoms with Crippen LogP contribution in [0.5, 0.6) is 5.75 Å². The molecule has 1 aliphatic heterocycles. The van der Waals surface area contributed by atoms with Crippen molar-refractivity contribution in [1.29, 1.82) is 0 Å². The molecular formula is C16H13N3O4. The van der Waals surface area contributed by atoms with E-state index in [0.717, 1.165) is 4.90 Å². The second kappa shape index (κ2) is 5.45. The molecule has 0 saturated carbocycles. The average Bonchev–Trinajstić information content (AvgIpc) is 2.76. The molecule has 0 atom stereocenters. The number of nitrogens with two attached hydrogens (primary N) is 1. The van der Waals surface area contributed by atoms with Gasteiger partial charge in [0.2, 0.25) is 5.91 Å². The Kier molecular flexibility index (Phi) is 3.46. The molecule has 23 heavy (non-hydrogen) atoms. The predicted molar refractivity (Wildman–Crippen MR) is 83.0 cm³/mol. The fourth-order valence-corrected chi connectivity index (χ4v) is 2.37. The third-order valence-electron chi connectivity index (χ3n) is 3.48. The first-order valence-corrected chi connectivity index (χ1v) is 6.81. The van der Waals surface area contributed by atoms with E-state index in [1.54, 1.807) is 24.3 Å². The summed E-state index contributed by atoms with van der Waals surface area (Å²) in [5.41, 5.74) is 6.56. The Morgan fingerprint density at radius 3 is 2.26 bits per heavy atom. The van der Waals surface area contributed by atoms with Crippen LogP contribution in [0, 0.1) is 0 Å². The maximum absolute atomic E-state index is 12.2. The number of nitrogens with one attached hydrogen (secondary N) is 1. The summed E-state index contributed by atoms with van der Waals surface area (Å²) in [5.74, 6) is -1.81. The largest absolute Gasteiger partial charge is 0.506 e. The molecule has 0 aliphatic carbocycles. The minimum atomic E-state index is -0.598. The lowest BCUT2D eigenvalue weighted by Gasteiger charge is -2.14. The normalized spacial score (nSPS) is 13.1. The van der Waals surface area contributed by atoms with Gasteiger partial charge < -0.3 is 16.2 Å². The molecule has 1 aliphatic rings. The number of carbonyl (C=O) groups excluding carboxylic acids is 3. The summed E-state index contributed by atoms with van der Waals surface area (Å²) >= 11 is 0. The molecule has 0 unspecified atom stereocenters. The van der Waals surface area contributed by atoms with Gasteiger partial charge in [-0.25, -0.2) is 0 Å². The first-order chi connectivity index (χ1) is 11.0. The Morgan fingerprint density at radius 1 is 1.09 bits per heavy atom. The Balaban J connectivity index is 1.74. The van der Waals surface area contributed by atoms with Crippen molar-refractivity contribution in [3.05, 3.63) is 53.6 Å². The molecule has 0 fully saturated rings. The van der Waals surface area contributed by atoms with E-state index < -0.39 is 24.3 Å². The molecule has 0 radical (unpaired) electrons. The number of amides is 3. The topological polar surface area (TPSA) is 113 Å². The lowest BCUT2D eigenvalue weighted by Crippen LogP contribution is -2.37. The molecule has 0 spiro atoms. The summed E-state index contributed by atoms with van der Waals surface area (Å²) in [5, 5.41) is 12.1. The van der Waals surface area contributed by atoms with E-state index >= 15 is 0 Å². The molecule has 2 aromatic rings. The van der Waals surface area contributed by atoms with Crippen molar-refractivity contribution in [2.75, 3.05) is 17.6 Å². The molecule has 0 bridgehead atoms. The van der Waals surface area contributed by atoms with Gasteiger partial charge in [0, 0.05) is 11.8 Å². The number of rotatable bonds is 3. The van der Waals surface area contributed by atoms with E-state index in [4.69, 9.17) is 5.73 Å². The fraction of sp³-hybridized carbons (Fsp3) is 0.0625. The minimum Gasteiger partial charge on any atom is -0.506 e. The van der Waals surface area contributed by atoms with Gasteiger partial charge in [-0.2, -0.15) is 0 Å². The molecule has 0 saturated heterocycles. The van der Waals surface area contributed by atoms with Gasteiger partial charge in [0.25, 0.3) is 11.8 Å². The van der Waals surface area contributed by atoms with Crippen molar-refractivity contribution in [2.24, 2.45) is 0 Å². The van der Waals surface area contributed by atoms with Gasteiger partial charge in [-0.3, -0.25) is 19.3 Å². The van der Waals surface area contributed by atoms with E-state index in [1.165, 1.54) is 18.2 Å². The van der Waals surface area contributed by atoms with Crippen molar-refractivity contribution in [1.82, 2.24) is 4.90 Å². The van der Waals surface area contributed by atoms with Gasteiger partial charge in [0.1, 0.15) is 12.3 Å². The van der Waals surface area contributed by atoms with E-state index in [1.807, 2.05) is 0 Å². The zero-order chi connectivity index (χ0) is 16.6. The van der Waals surface area contributed by atoms with Crippen LogP contribution >= 0.6 is 0 Å². The number of nitrogens with zero attached hydrogens (tertiary/aromatic N) is 1. The zero-order valence-corrected chi connectivity index (χ0v) is 11.9. The van der Waals surface area contributed by atoms with Crippen LogP contribution in [0.3, 0.4) is 0 Å². The number of imide groups is 1. The molecule has 0 aromatic heterocycles. The third-order valence-corrected chi connectivity index (χ3v) is 3.48. The Morgan fingerprint density at radius 2 is 1.70 bits per heavy atom. The van der Waals surface area contributed by atoms with Crippen molar-refractivity contribution in [3.63, 3.8) is 0 Å². The lowest BCUT2D eigenvalue weighted by atomic mass is 10.1. The van der Waals surface area contributed by atoms with Gasteiger partial charge in [0.05, 0.1) is 16.8 Å². The van der Waals surface area contributed by atoms with Crippen LogP contribution in [-0.4, -0.2) is 34.3 Å². The number of phenols is 1. The highest BCUT2D eigenvalue weighted by Gasteiger charge is 2.36. The molecule has 2 aromatic carbocycles. The van der Waals surface area contributed by atoms with E-state index in [9.17, 15) is 19.5 Å². The predicted octanol–water partition coefficient (Wildman–Crippen LogP) is 1.21. The second-order valence-corrected chi connectivity index (χ2v) is 5.07. The summed E-state index contributed by atoms with van der Waals surface area (Å²) < 4.78 is 0. The van der Waals surface area contributed by atoms with Crippen molar-refractivity contribution < 1.29 is 19.5 Å². The quantitative estimate of drug-likeness (QED) is 0.448. The summed E-state index contributed by atoms with van der Waals surface area (Å²) in [6, 6.07) is 10.6. The number of hydrogen-bond donors (Lipinski definition) is 3. The van der Waals surface area contributed by atoms with E-state index in [2.05, 4.69) is 5.32 Å². The number of phenolic OH excluding ortho intramolecular Hbond substituents is 1. The summed E-state index contributed by atoms with van der Waals surface area (Å²) in [7, 11) is 0. The zero-order valence-electron chi connectivity index (χ0n) is 11.9. The maximum atomic E-state index is 12.2. The van der Waals surface area contributed by atoms with E-state index in [-0.39, 0.29) is 22.6 Å². The molecular weight excluding hydrogens is 298 g/mol. The van der Waals surface area contributed by atoms with Crippen LogP contribution in [0.15, 0.2) is 42.5 Å². The van der Waals surface area contributed by atoms with Crippen molar-refractivity contribution in [3.8, 4) is 5.75 Å². The van der Waals surface area contributed by atoms with Gasteiger partial charge in [-0.1, -0.05) is 12.1 Å². The maximum Gasteiger partial charge on any atom is 0.262 e. The summed E-state index contributed by atoms with van der Waals surface area (Å²) in [4.78, 5) is 37.2. The van der Waals surface area contributed by atoms with Crippen LogP contribution in [-0.2, 0) is 4.79 Å². The molecule has 3 amide bonds.